The summed E-state index contributed by atoms with van der Waals surface area (Å²) in [5.41, 5.74) is -0.248. The number of nitrogens with zero attached hydrogens (tertiary/aromatic N) is 3. The minimum Gasteiger partial charge on any atom is -0.354 e. The lowest BCUT2D eigenvalue weighted by molar-refractivity contribution is -0.132. The number of rotatable bonds is 6. The fraction of sp³-hybridized carbons (Fsp3) is 0.812. The van der Waals surface area contributed by atoms with Crippen LogP contribution in [0.15, 0.2) is 4.52 Å². The van der Waals surface area contributed by atoms with Crippen molar-refractivity contribution < 1.29 is 9.32 Å². The molecule has 2 heterocycles. The van der Waals surface area contributed by atoms with Gasteiger partial charge in [0.1, 0.15) is 5.54 Å². The molecule has 3 rings (SSSR count). The number of nitrogens with one attached hydrogen (secondary N) is 1. The lowest BCUT2D eigenvalue weighted by atomic mass is 9.94. The average molecular weight is 306 g/mol. The number of aromatic nitrogens is 2. The summed E-state index contributed by atoms with van der Waals surface area (Å²) in [5, 5.41) is 7.04. The summed E-state index contributed by atoms with van der Waals surface area (Å²) >= 11 is 0. The van der Waals surface area contributed by atoms with Gasteiger partial charge in [0, 0.05) is 19.4 Å². The molecule has 0 aromatic carbocycles. The molecule has 1 saturated carbocycles. The van der Waals surface area contributed by atoms with Crippen molar-refractivity contribution in [3.63, 3.8) is 0 Å². The molecule has 0 unspecified atom stereocenters. The Morgan fingerprint density at radius 1 is 1.27 bits per heavy atom. The molecule has 2 aliphatic rings. The molecule has 122 valence electrons. The molecule has 1 aromatic rings. The van der Waals surface area contributed by atoms with Gasteiger partial charge in [0.2, 0.25) is 11.8 Å². The number of aryl methyl sites for hydroxylation is 1. The Morgan fingerprint density at radius 2 is 2.00 bits per heavy atom. The minimum absolute atomic E-state index is 0.200. The highest BCUT2D eigenvalue weighted by atomic mass is 16.5. The second-order valence-electron chi connectivity index (χ2n) is 6.40. The third-order valence-electron chi connectivity index (χ3n) is 5.01. The van der Waals surface area contributed by atoms with Gasteiger partial charge in [0.05, 0.1) is 0 Å². The average Bonchev–Trinajstić information content (AvgIpc) is 3.27. The Balaban J connectivity index is 1.55. The molecule has 0 spiro atoms. The highest BCUT2D eigenvalue weighted by molar-refractivity contribution is 5.86. The van der Waals surface area contributed by atoms with Crippen LogP contribution in [-0.2, 0) is 17.6 Å². The van der Waals surface area contributed by atoms with E-state index in [0.29, 0.717) is 24.7 Å². The van der Waals surface area contributed by atoms with Crippen molar-refractivity contribution in [2.75, 3.05) is 19.6 Å². The SMILES string of the molecule is CCc1nc(CCNC(=O)C2(N3CCCC3)CCCC2)no1. The molecule has 22 heavy (non-hydrogen) atoms. The number of carbonyl (C=O) groups is 1. The number of hydrogen-bond donors (Lipinski definition) is 1. The van der Waals surface area contributed by atoms with Crippen molar-refractivity contribution in [1.29, 1.82) is 0 Å². The van der Waals surface area contributed by atoms with E-state index in [1.807, 2.05) is 6.92 Å². The molecule has 6 nitrogen and oxygen atoms in total. The van der Waals surface area contributed by atoms with Gasteiger partial charge < -0.3 is 9.84 Å². The molecule has 1 amide bonds. The first-order valence-corrected chi connectivity index (χ1v) is 8.59. The number of carbonyl (C=O) groups excluding carboxylic acids is 1. The first-order chi connectivity index (χ1) is 10.7. The molecule has 6 heteroatoms. The van der Waals surface area contributed by atoms with E-state index in [0.717, 1.165) is 45.2 Å². The molecule has 1 N–H and O–H groups in total. The van der Waals surface area contributed by atoms with Gasteiger partial charge in [-0.1, -0.05) is 24.9 Å². The van der Waals surface area contributed by atoms with Crippen LogP contribution in [0.1, 0.15) is 57.2 Å². The van der Waals surface area contributed by atoms with E-state index in [4.69, 9.17) is 4.52 Å². The maximum absolute atomic E-state index is 12.8. The second kappa shape index (κ2) is 6.77. The van der Waals surface area contributed by atoms with Crippen molar-refractivity contribution in [3.05, 3.63) is 11.7 Å². The third kappa shape index (κ3) is 3.02. The third-order valence-corrected chi connectivity index (χ3v) is 5.01. The predicted octanol–water partition coefficient (Wildman–Crippen LogP) is 1.70. The highest BCUT2D eigenvalue weighted by Crippen LogP contribution is 2.37. The monoisotopic (exact) mass is 306 g/mol. The zero-order valence-electron chi connectivity index (χ0n) is 13.4. The van der Waals surface area contributed by atoms with Crippen molar-refractivity contribution in [3.8, 4) is 0 Å². The fourth-order valence-electron chi connectivity index (χ4n) is 3.78. The summed E-state index contributed by atoms with van der Waals surface area (Å²) in [5.74, 6) is 1.54. The molecule has 0 atom stereocenters. The predicted molar refractivity (Wildman–Crippen MR) is 82.4 cm³/mol. The molecule has 0 bridgehead atoms. The quantitative estimate of drug-likeness (QED) is 0.866. The van der Waals surface area contributed by atoms with Crippen LogP contribution in [0.3, 0.4) is 0 Å². The molecule has 1 saturated heterocycles. The first-order valence-electron chi connectivity index (χ1n) is 8.59. The molecule has 1 aromatic heterocycles. The number of likely N-dealkylation sites (tertiary alicyclic amines) is 1. The molecule has 1 aliphatic carbocycles. The Hall–Kier alpha value is -1.43. The van der Waals surface area contributed by atoms with E-state index in [-0.39, 0.29) is 11.4 Å². The van der Waals surface area contributed by atoms with Crippen molar-refractivity contribution in [2.45, 2.75) is 63.8 Å². The lowest BCUT2D eigenvalue weighted by Crippen LogP contribution is -2.56. The molecule has 0 radical (unpaired) electrons. The zero-order chi connectivity index (χ0) is 15.4. The van der Waals surface area contributed by atoms with E-state index in [1.54, 1.807) is 0 Å². The minimum atomic E-state index is -0.248. The van der Waals surface area contributed by atoms with Gasteiger partial charge in [-0.3, -0.25) is 9.69 Å². The Kier molecular flexibility index (Phi) is 4.76. The van der Waals surface area contributed by atoms with E-state index >= 15 is 0 Å². The lowest BCUT2D eigenvalue weighted by Gasteiger charge is -2.37. The summed E-state index contributed by atoms with van der Waals surface area (Å²) in [7, 11) is 0. The van der Waals surface area contributed by atoms with Crippen LogP contribution in [0, 0.1) is 0 Å². The normalized spacial score (nSPS) is 21.3. The van der Waals surface area contributed by atoms with Gasteiger partial charge in [0.15, 0.2) is 5.82 Å². The van der Waals surface area contributed by atoms with E-state index < -0.39 is 0 Å². The summed E-state index contributed by atoms with van der Waals surface area (Å²) in [4.78, 5) is 19.5. The molecule has 2 fully saturated rings. The topological polar surface area (TPSA) is 71.3 Å². The maximum Gasteiger partial charge on any atom is 0.240 e. The molecular weight excluding hydrogens is 280 g/mol. The van der Waals surface area contributed by atoms with Crippen molar-refractivity contribution >= 4 is 5.91 Å². The van der Waals surface area contributed by atoms with Crippen LogP contribution in [0.2, 0.25) is 0 Å². The Morgan fingerprint density at radius 3 is 2.64 bits per heavy atom. The smallest absolute Gasteiger partial charge is 0.240 e. The largest absolute Gasteiger partial charge is 0.354 e. The van der Waals surface area contributed by atoms with Gasteiger partial charge in [-0.25, -0.2) is 0 Å². The Labute approximate surface area is 131 Å². The fourth-order valence-corrected chi connectivity index (χ4v) is 3.78. The summed E-state index contributed by atoms with van der Waals surface area (Å²) in [6.45, 7) is 4.70. The van der Waals surface area contributed by atoms with Gasteiger partial charge in [-0.05, 0) is 38.8 Å². The van der Waals surface area contributed by atoms with Crippen LogP contribution in [0.4, 0.5) is 0 Å². The van der Waals surface area contributed by atoms with Crippen LogP contribution in [0.25, 0.3) is 0 Å². The second-order valence-corrected chi connectivity index (χ2v) is 6.40. The molecule has 1 aliphatic heterocycles. The van der Waals surface area contributed by atoms with Crippen molar-refractivity contribution in [2.24, 2.45) is 0 Å². The van der Waals surface area contributed by atoms with Gasteiger partial charge in [0.25, 0.3) is 0 Å². The van der Waals surface area contributed by atoms with Gasteiger partial charge >= 0.3 is 0 Å². The summed E-state index contributed by atoms with van der Waals surface area (Å²) in [6.07, 6.45) is 8.14. The molecular formula is C16H26N4O2. The van der Waals surface area contributed by atoms with Crippen LogP contribution in [-0.4, -0.2) is 46.1 Å². The maximum atomic E-state index is 12.8. The first kappa shape index (κ1) is 15.5. The van der Waals surface area contributed by atoms with Gasteiger partial charge in [-0.15, -0.1) is 0 Å². The van der Waals surface area contributed by atoms with Gasteiger partial charge in [-0.2, -0.15) is 4.98 Å². The van der Waals surface area contributed by atoms with Crippen molar-refractivity contribution in [1.82, 2.24) is 20.4 Å². The number of hydrogen-bond acceptors (Lipinski definition) is 5. The van der Waals surface area contributed by atoms with E-state index in [2.05, 4.69) is 20.4 Å². The van der Waals surface area contributed by atoms with Crippen LogP contribution >= 0.6 is 0 Å². The van der Waals surface area contributed by atoms with Crippen LogP contribution < -0.4 is 5.32 Å². The standard InChI is InChI=1S/C16H26N4O2/c1-2-14-18-13(19-22-14)7-10-17-15(21)16(8-3-4-9-16)20-11-5-6-12-20/h2-12H2,1H3,(H,17,21). The van der Waals surface area contributed by atoms with Crippen LogP contribution in [0.5, 0.6) is 0 Å². The Bertz CT molecular complexity index is 502. The highest BCUT2D eigenvalue weighted by Gasteiger charge is 2.46. The van der Waals surface area contributed by atoms with E-state index in [9.17, 15) is 4.79 Å². The summed E-state index contributed by atoms with van der Waals surface area (Å²) in [6, 6.07) is 0. The van der Waals surface area contributed by atoms with E-state index in [1.165, 1.54) is 12.8 Å². The summed E-state index contributed by atoms with van der Waals surface area (Å²) < 4.78 is 5.09. The number of amides is 1. The zero-order valence-corrected chi connectivity index (χ0v) is 13.4.